The van der Waals surface area contributed by atoms with Crippen molar-refractivity contribution >= 4 is 29.5 Å². The van der Waals surface area contributed by atoms with Crippen molar-refractivity contribution in [1.29, 1.82) is 0 Å². The maximum absolute atomic E-state index is 12.0. The molecule has 0 bridgehead atoms. The van der Waals surface area contributed by atoms with Crippen molar-refractivity contribution in [3.63, 3.8) is 0 Å². The number of amides is 2. The summed E-state index contributed by atoms with van der Waals surface area (Å²) in [5.41, 5.74) is 0.967. The van der Waals surface area contributed by atoms with E-state index in [-0.39, 0.29) is 36.9 Å². The minimum absolute atomic E-state index is 0.0684. The zero-order valence-corrected chi connectivity index (χ0v) is 13.4. The summed E-state index contributed by atoms with van der Waals surface area (Å²) in [5.74, 6) is -0.594. The number of nitrogens with one attached hydrogen (secondary N) is 1. The predicted molar refractivity (Wildman–Crippen MR) is 82.0 cm³/mol. The Bertz CT molecular complexity index is 572. The van der Waals surface area contributed by atoms with Gasteiger partial charge in [0.1, 0.15) is 18.5 Å². The number of rotatable bonds is 6. The number of aromatic nitrogens is 1. The summed E-state index contributed by atoms with van der Waals surface area (Å²) in [6.45, 7) is 1.72. The van der Waals surface area contributed by atoms with Gasteiger partial charge in [-0.25, -0.2) is 0 Å². The van der Waals surface area contributed by atoms with Crippen LogP contribution in [0.2, 0.25) is 0 Å². The van der Waals surface area contributed by atoms with E-state index in [1.165, 1.54) is 16.7 Å². The van der Waals surface area contributed by atoms with Crippen molar-refractivity contribution in [2.75, 3.05) is 25.4 Å². The average molecular weight is 325 g/mol. The van der Waals surface area contributed by atoms with E-state index < -0.39 is 5.97 Å². The van der Waals surface area contributed by atoms with E-state index in [2.05, 4.69) is 5.32 Å². The molecule has 1 atom stereocenters. The number of aryl methyl sites for hydroxylation is 1. The largest absolute Gasteiger partial charge is 0.465 e. The highest BCUT2D eigenvalue weighted by molar-refractivity contribution is 8.00. The highest BCUT2D eigenvalue weighted by Gasteiger charge is 2.35. The Balaban J connectivity index is 1.94. The van der Waals surface area contributed by atoms with Crippen LogP contribution in [-0.2, 0) is 26.2 Å². The minimum atomic E-state index is -0.489. The molecule has 1 aliphatic heterocycles. The Morgan fingerprint density at radius 1 is 1.50 bits per heavy atom. The third-order valence-corrected chi connectivity index (χ3v) is 4.48. The van der Waals surface area contributed by atoms with Gasteiger partial charge in [-0.3, -0.25) is 14.4 Å². The average Bonchev–Trinajstić information content (AvgIpc) is 3.04. The van der Waals surface area contributed by atoms with E-state index in [0.29, 0.717) is 5.75 Å². The number of thioether (sulfide) groups is 1. The number of nitrogens with zero attached hydrogens (tertiary/aromatic N) is 2. The summed E-state index contributed by atoms with van der Waals surface area (Å²) >= 11 is 1.49. The molecule has 1 N–H and O–H groups in total. The standard InChI is InChI=1S/C14H19N3O4S/c1-3-21-13(20)7-15-11(18)8-17-12(19)9-22-14(17)10-5-4-6-16(10)2/h4-6,14H,3,7-9H2,1-2H3,(H,15,18). The lowest BCUT2D eigenvalue weighted by molar-refractivity contribution is -0.143. The van der Waals surface area contributed by atoms with Crippen molar-refractivity contribution in [3.8, 4) is 0 Å². The van der Waals surface area contributed by atoms with Gasteiger partial charge in [0.05, 0.1) is 18.1 Å². The molecule has 0 spiro atoms. The molecular weight excluding hydrogens is 306 g/mol. The highest BCUT2D eigenvalue weighted by Crippen LogP contribution is 2.38. The second kappa shape index (κ2) is 7.35. The molecular formula is C14H19N3O4S. The van der Waals surface area contributed by atoms with E-state index in [1.54, 1.807) is 6.92 Å². The van der Waals surface area contributed by atoms with E-state index >= 15 is 0 Å². The quantitative estimate of drug-likeness (QED) is 0.760. The summed E-state index contributed by atoms with van der Waals surface area (Å²) in [7, 11) is 1.90. The summed E-state index contributed by atoms with van der Waals surface area (Å²) in [5, 5.41) is 2.29. The second-order valence-electron chi connectivity index (χ2n) is 4.81. The number of hydrogen-bond acceptors (Lipinski definition) is 5. The monoisotopic (exact) mass is 325 g/mol. The number of esters is 1. The van der Waals surface area contributed by atoms with Crippen LogP contribution in [0.5, 0.6) is 0 Å². The lowest BCUT2D eigenvalue weighted by atomic mass is 10.3. The van der Waals surface area contributed by atoms with Gasteiger partial charge in [-0.1, -0.05) is 0 Å². The smallest absolute Gasteiger partial charge is 0.325 e. The summed E-state index contributed by atoms with van der Waals surface area (Å²) in [4.78, 5) is 36.7. The molecule has 0 saturated carbocycles. The first-order chi connectivity index (χ1) is 10.5. The zero-order chi connectivity index (χ0) is 16.1. The molecule has 1 aliphatic rings. The number of hydrogen-bond donors (Lipinski definition) is 1. The molecule has 1 aromatic heterocycles. The Hall–Kier alpha value is -1.96. The topological polar surface area (TPSA) is 80.6 Å². The van der Waals surface area contributed by atoms with Crippen LogP contribution in [0.25, 0.3) is 0 Å². The second-order valence-corrected chi connectivity index (χ2v) is 5.88. The summed E-state index contributed by atoms with van der Waals surface area (Å²) in [6.07, 6.45) is 1.90. The molecule has 1 aromatic rings. The third-order valence-electron chi connectivity index (χ3n) is 3.25. The maximum atomic E-state index is 12.0. The Kier molecular flexibility index (Phi) is 5.48. The predicted octanol–water partition coefficient (Wildman–Crippen LogP) is 0.278. The van der Waals surface area contributed by atoms with Crippen LogP contribution in [0, 0.1) is 0 Å². The fraction of sp³-hybridized carbons (Fsp3) is 0.500. The van der Waals surface area contributed by atoms with Gasteiger partial charge in [0, 0.05) is 13.2 Å². The molecule has 0 aliphatic carbocycles. The van der Waals surface area contributed by atoms with Crippen LogP contribution < -0.4 is 5.32 Å². The van der Waals surface area contributed by atoms with E-state index in [1.807, 2.05) is 29.9 Å². The fourth-order valence-corrected chi connectivity index (χ4v) is 3.45. The molecule has 2 rings (SSSR count). The Labute approximate surface area is 133 Å². The van der Waals surface area contributed by atoms with Crippen molar-refractivity contribution in [3.05, 3.63) is 24.0 Å². The maximum Gasteiger partial charge on any atom is 0.325 e. The van der Waals surface area contributed by atoms with Crippen molar-refractivity contribution in [1.82, 2.24) is 14.8 Å². The molecule has 2 amide bonds. The van der Waals surface area contributed by atoms with Crippen LogP contribution in [0.15, 0.2) is 18.3 Å². The van der Waals surface area contributed by atoms with Crippen molar-refractivity contribution < 1.29 is 19.1 Å². The molecule has 22 heavy (non-hydrogen) atoms. The molecule has 1 unspecified atom stereocenters. The minimum Gasteiger partial charge on any atom is -0.465 e. The van der Waals surface area contributed by atoms with Gasteiger partial charge < -0.3 is 19.5 Å². The summed E-state index contributed by atoms with van der Waals surface area (Å²) in [6, 6.07) is 3.83. The van der Waals surface area contributed by atoms with Gasteiger partial charge in [0.2, 0.25) is 11.8 Å². The van der Waals surface area contributed by atoms with E-state index in [0.717, 1.165) is 5.69 Å². The van der Waals surface area contributed by atoms with Crippen LogP contribution in [0.1, 0.15) is 18.0 Å². The van der Waals surface area contributed by atoms with Gasteiger partial charge in [-0.15, -0.1) is 11.8 Å². The molecule has 8 heteroatoms. The lowest BCUT2D eigenvalue weighted by Crippen LogP contribution is -2.41. The zero-order valence-electron chi connectivity index (χ0n) is 12.6. The molecule has 0 aromatic carbocycles. The van der Waals surface area contributed by atoms with E-state index in [4.69, 9.17) is 4.74 Å². The number of ether oxygens (including phenoxy) is 1. The Morgan fingerprint density at radius 2 is 2.27 bits per heavy atom. The van der Waals surface area contributed by atoms with Crippen LogP contribution >= 0.6 is 11.8 Å². The molecule has 7 nitrogen and oxygen atoms in total. The first kappa shape index (κ1) is 16.4. The SMILES string of the molecule is CCOC(=O)CNC(=O)CN1C(=O)CSC1c1cccn1C. The van der Waals surface area contributed by atoms with Crippen molar-refractivity contribution in [2.45, 2.75) is 12.3 Å². The molecule has 1 saturated heterocycles. The number of carbonyl (C=O) groups excluding carboxylic acids is 3. The van der Waals surface area contributed by atoms with Crippen LogP contribution in [0.4, 0.5) is 0 Å². The molecule has 2 heterocycles. The van der Waals surface area contributed by atoms with E-state index in [9.17, 15) is 14.4 Å². The van der Waals surface area contributed by atoms with Gasteiger partial charge in [-0.2, -0.15) is 0 Å². The van der Waals surface area contributed by atoms with Crippen molar-refractivity contribution in [2.24, 2.45) is 7.05 Å². The first-order valence-corrected chi connectivity index (χ1v) is 8.02. The first-order valence-electron chi connectivity index (χ1n) is 6.97. The Morgan fingerprint density at radius 3 is 2.91 bits per heavy atom. The normalized spacial score (nSPS) is 17.6. The van der Waals surface area contributed by atoms with Crippen LogP contribution in [0.3, 0.4) is 0 Å². The molecule has 0 radical (unpaired) electrons. The van der Waals surface area contributed by atoms with Gasteiger partial charge in [0.25, 0.3) is 0 Å². The lowest BCUT2D eigenvalue weighted by Gasteiger charge is -2.23. The molecule has 120 valence electrons. The summed E-state index contributed by atoms with van der Waals surface area (Å²) < 4.78 is 6.67. The van der Waals surface area contributed by atoms with Gasteiger partial charge in [0.15, 0.2) is 0 Å². The highest BCUT2D eigenvalue weighted by atomic mass is 32.2. The molecule has 1 fully saturated rings. The van der Waals surface area contributed by atoms with Gasteiger partial charge in [-0.05, 0) is 19.1 Å². The fourth-order valence-electron chi connectivity index (χ4n) is 2.19. The third kappa shape index (κ3) is 3.82. The number of carbonyl (C=O) groups is 3. The van der Waals surface area contributed by atoms with Crippen LogP contribution in [-0.4, -0.2) is 52.7 Å². The van der Waals surface area contributed by atoms with Gasteiger partial charge >= 0.3 is 5.97 Å².